The zero-order valence-corrected chi connectivity index (χ0v) is 15.5. The first-order chi connectivity index (χ1) is 12.7. The Labute approximate surface area is 156 Å². The van der Waals surface area contributed by atoms with E-state index in [-0.39, 0.29) is 11.8 Å². The predicted molar refractivity (Wildman–Crippen MR) is 105 cm³/mol. The monoisotopic (exact) mass is 367 g/mol. The number of pyridine rings is 1. The Hall–Kier alpha value is -2.54. The van der Waals surface area contributed by atoms with Crippen molar-refractivity contribution in [1.29, 1.82) is 0 Å². The minimum atomic E-state index is 0.0221. The van der Waals surface area contributed by atoms with Crippen LogP contribution in [0.15, 0.2) is 35.8 Å². The van der Waals surface area contributed by atoms with Crippen molar-refractivity contribution in [3.05, 3.63) is 41.5 Å². The molecule has 3 heterocycles. The van der Waals surface area contributed by atoms with Gasteiger partial charge < -0.3 is 10.2 Å². The Balaban J connectivity index is 1.49. The van der Waals surface area contributed by atoms with Crippen molar-refractivity contribution in [3.63, 3.8) is 0 Å². The summed E-state index contributed by atoms with van der Waals surface area (Å²) < 4.78 is 0. The molecule has 4 rings (SSSR count). The normalized spacial score (nSPS) is 15.3. The lowest BCUT2D eigenvalue weighted by molar-refractivity contribution is -0.120. The first kappa shape index (κ1) is 16.9. The van der Waals surface area contributed by atoms with E-state index in [9.17, 15) is 4.79 Å². The van der Waals surface area contributed by atoms with Gasteiger partial charge in [-0.05, 0) is 31.4 Å². The van der Waals surface area contributed by atoms with Gasteiger partial charge in [-0.2, -0.15) is 0 Å². The summed E-state index contributed by atoms with van der Waals surface area (Å²) in [6, 6.07) is 10.5. The number of nitrogens with zero attached hydrogens (tertiary/aromatic N) is 4. The standard InChI is InChI=1S/C19H21N5OS/c1-2-14-11-17(15-5-3-4-6-16(15)21-14)24-9-7-13(8-10-24)18(25)22-19-23-20-12-26-19/h3-6,11-13H,2,7-10H2,1H3,(H,22,23,25). The average Bonchev–Trinajstić information content (AvgIpc) is 3.20. The predicted octanol–water partition coefficient (Wildman–Crippen LogP) is 3.50. The van der Waals surface area contributed by atoms with Crippen LogP contribution >= 0.6 is 11.3 Å². The topological polar surface area (TPSA) is 71.0 Å². The van der Waals surface area contributed by atoms with Gasteiger partial charge in [0.05, 0.1) is 5.52 Å². The lowest BCUT2D eigenvalue weighted by atomic mass is 9.95. The van der Waals surface area contributed by atoms with E-state index in [1.165, 1.54) is 22.4 Å². The fourth-order valence-corrected chi connectivity index (χ4v) is 3.92. The molecule has 1 fully saturated rings. The summed E-state index contributed by atoms with van der Waals surface area (Å²) in [6.07, 6.45) is 2.59. The fourth-order valence-electron chi connectivity index (χ4n) is 3.47. The smallest absolute Gasteiger partial charge is 0.229 e. The summed E-state index contributed by atoms with van der Waals surface area (Å²) in [6.45, 7) is 3.86. The number of hydrogen-bond acceptors (Lipinski definition) is 6. The molecule has 134 valence electrons. The van der Waals surface area contributed by atoms with E-state index in [0.29, 0.717) is 5.13 Å². The van der Waals surface area contributed by atoms with Crippen molar-refractivity contribution in [2.45, 2.75) is 26.2 Å². The second-order valence-electron chi connectivity index (χ2n) is 6.50. The minimum Gasteiger partial charge on any atom is -0.371 e. The van der Waals surface area contributed by atoms with Crippen LogP contribution in [0.3, 0.4) is 0 Å². The molecule has 0 bridgehead atoms. The summed E-state index contributed by atoms with van der Waals surface area (Å²) >= 11 is 1.35. The highest BCUT2D eigenvalue weighted by Gasteiger charge is 2.26. The Morgan fingerprint density at radius 2 is 2.12 bits per heavy atom. The lowest BCUT2D eigenvalue weighted by Gasteiger charge is -2.33. The zero-order valence-electron chi connectivity index (χ0n) is 14.7. The Kier molecular flexibility index (Phi) is 4.79. The molecule has 0 spiro atoms. The molecule has 0 aliphatic carbocycles. The molecular weight excluding hydrogens is 346 g/mol. The molecule has 0 radical (unpaired) electrons. The highest BCUT2D eigenvalue weighted by molar-refractivity contribution is 7.13. The quantitative estimate of drug-likeness (QED) is 0.764. The van der Waals surface area contributed by atoms with Crippen LogP contribution in [0.4, 0.5) is 10.8 Å². The van der Waals surface area contributed by atoms with Crippen molar-refractivity contribution in [2.24, 2.45) is 5.92 Å². The molecule has 1 aliphatic heterocycles. The van der Waals surface area contributed by atoms with E-state index >= 15 is 0 Å². The van der Waals surface area contributed by atoms with Crippen LogP contribution in [0, 0.1) is 5.92 Å². The van der Waals surface area contributed by atoms with Crippen LogP contribution in [0.2, 0.25) is 0 Å². The number of aromatic nitrogens is 3. The van der Waals surface area contributed by atoms with E-state index in [1.54, 1.807) is 5.51 Å². The summed E-state index contributed by atoms with van der Waals surface area (Å²) in [5, 5.41) is 12.3. The maximum atomic E-state index is 12.4. The largest absolute Gasteiger partial charge is 0.371 e. The maximum Gasteiger partial charge on any atom is 0.229 e. The van der Waals surface area contributed by atoms with Crippen LogP contribution in [0.1, 0.15) is 25.5 Å². The zero-order chi connectivity index (χ0) is 17.9. The molecule has 0 unspecified atom stereocenters. The number of rotatable bonds is 4. The van der Waals surface area contributed by atoms with Crippen molar-refractivity contribution in [3.8, 4) is 0 Å². The van der Waals surface area contributed by atoms with E-state index in [4.69, 9.17) is 4.98 Å². The highest BCUT2D eigenvalue weighted by atomic mass is 32.1. The van der Waals surface area contributed by atoms with Gasteiger partial charge in [-0.3, -0.25) is 9.78 Å². The number of fused-ring (bicyclic) bond motifs is 1. The second kappa shape index (κ2) is 7.37. The van der Waals surface area contributed by atoms with Gasteiger partial charge in [-0.15, -0.1) is 10.2 Å². The highest BCUT2D eigenvalue weighted by Crippen LogP contribution is 2.31. The molecule has 1 N–H and O–H groups in total. The van der Waals surface area contributed by atoms with Gasteiger partial charge in [0.15, 0.2) is 0 Å². The molecule has 1 saturated heterocycles. The number of carbonyl (C=O) groups excluding carboxylic acids is 1. The third-order valence-corrected chi connectivity index (χ3v) is 5.51. The van der Waals surface area contributed by atoms with Crippen molar-refractivity contribution in [1.82, 2.24) is 15.2 Å². The average molecular weight is 367 g/mol. The Morgan fingerprint density at radius 3 is 2.85 bits per heavy atom. The number of para-hydroxylation sites is 1. The Bertz CT molecular complexity index is 903. The molecule has 1 amide bonds. The lowest BCUT2D eigenvalue weighted by Crippen LogP contribution is -2.38. The molecular formula is C19H21N5OS. The number of anilines is 2. The molecule has 0 saturated carbocycles. The van der Waals surface area contributed by atoms with Crippen LogP contribution in [-0.4, -0.2) is 34.2 Å². The molecule has 3 aromatic rings. The molecule has 0 atom stereocenters. The fraction of sp³-hybridized carbons (Fsp3) is 0.368. The van der Waals surface area contributed by atoms with E-state index in [0.717, 1.165) is 43.6 Å². The van der Waals surface area contributed by atoms with Gasteiger partial charge in [-0.1, -0.05) is 36.5 Å². The van der Waals surface area contributed by atoms with Crippen molar-refractivity contribution in [2.75, 3.05) is 23.3 Å². The number of hydrogen-bond donors (Lipinski definition) is 1. The van der Waals surface area contributed by atoms with Crippen LogP contribution in [-0.2, 0) is 11.2 Å². The number of carbonyl (C=O) groups is 1. The minimum absolute atomic E-state index is 0.0221. The first-order valence-corrected chi connectivity index (χ1v) is 9.83. The third kappa shape index (κ3) is 3.39. The van der Waals surface area contributed by atoms with Crippen molar-refractivity contribution < 1.29 is 4.79 Å². The van der Waals surface area contributed by atoms with Crippen LogP contribution < -0.4 is 10.2 Å². The summed E-state index contributed by atoms with van der Waals surface area (Å²) in [4.78, 5) is 19.5. The summed E-state index contributed by atoms with van der Waals surface area (Å²) in [5.74, 6) is 0.0733. The molecule has 1 aliphatic rings. The van der Waals surface area contributed by atoms with E-state index in [1.807, 2.05) is 6.07 Å². The number of amides is 1. The number of piperidine rings is 1. The number of nitrogens with one attached hydrogen (secondary N) is 1. The second-order valence-corrected chi connectivity index (χ2v) is 7.33. The maximum absolute atomic E-state index is 12.4. The SMILES string of the molecule is CCc1cc(N2CCC(C(=O)Nc3nncs3)CC2)c2ccccc2n1. The molecule has 7 heteroatoms. The van der Waals surface area contributed by atoms with E-state index in [2.05, 4.69) is 51.6 Å². The van der Waals surface area contributed by atoms with Gasteiger partial charge >= 0.3 is 0 Å². The first-order valence-electron chi connectivity index (χ1n) is 8.95. The van der Waals surface area contributed by atoms with Crippen LogP contribution in [0.25, 0.3) is 10.9 Å². The molecule has 6 nitrogen and oxygen atoms in total. The third-order valence-electron chi connectivity index (χ3n) is 4.91. The molecule has 1 aromatic carbocycles. The van der Waals surface area contributed by atoms with Crippen LogP contribution in [0.5, 0.6) is 0 Å². The Morgan fingerprint density at radius 1 is 1.31 bits per heavy atom. The summed E-state index contributed by atoms with van der Waals surface area (Å²) in [7, 11) is 0. The number of aryl methyl sites for hydroxylation is 1. The van der Waals surface area contributed by atoms with Gasteiger partial charge in [-0.25, -0.2) is 0 Å². The van der Waals surface area contributed by atoms with E-state index < -0.39 is 0 Å². The number of benzene rings is 1. The van der Waals surface area contributed by atoms with Gasteiger partial charge in [0.2, 0.25) is 11.0 Å². The molecule has 26 heavy (non-hydrogen) atoms. The molecule has 2 aromatic heterocycles. The van der Waals surface area contributed by atoms with Gasteiger partial charge in [0.25, 0.3) is 0 Å². The van der Waals surface area contributed by atoms with Gasteiger partial charge in [0.1, 0.15) is 5.51 Å². The summed E-state index contributed by atoms with van der Waals surface area (Å²) in [5.41, 5.74) is 5.00. The van der Waals surface area contributed by atoms with Crippen molar-refractivity contribution >= 4 is 39.0 Å². The van der Waals surface area contributed by atoms with Gasteiger partial charge in [0, 0.05) is 35.8 Å².